The molecule has 2 aromatic carbocycles. The van der Waals surface area contributed by atoms with Crippen molar-refractivity contribution >= 4 is 11.6 Å². The summed E-state index contributed by atoms with van der Waals surface area (Å²) >= 11 is 0. The highest BCUT2D eigenvalue weighted by Gasteiger charge is 2.28. The Bertz CT molecular complexity index is 699. The van der Waals surface area contributed by atoms with Crippen molar-refractivity contribution in [1.82, 2.24) is 0 Å². The molecule has 0 saturated carbocycles. The van der Waals surface area contributed by atoms with Crippen LogP contribution >= 0.6 is 0 Å². The van der Waals surface area contributed by atoms with Gasteiger partial charge in [0.2, 0.25) is 0 Å². The predicted molar refractivity (Wildman–Crippen MR) is 80.9 cm³/mol. The topological polar surface area (TPSA) is 46.3 Å². The third kappa shape index (κ3) is 2.43. The Labute approximate surface area is 123 Å². The van der Waals surface area contributed by atoms with E-state index in [0.29, 0.717) is 12.1 Å². The van der Waals surface area contributed by atoms with Gasteiger partial charge < -0.3 is 10.6 Å². The average molecular weight is 284 g/mol. The molecule has 0 fully saturated rings. The minimum absolute atomic E-state index is 0.0962. The van der Waals surface area contributed by atoms with Crippen LogP contribution in [0.15, 0.2) is 42.5 Å². The van der Waals surface area contributed by atoms with E-state index in [-0.39, 0.29) is 17.5 Å². The SMILES string of the molecule is Cc1cccc(C(=O)N2CC(N)Cc3ccccc32)c1F. The molecule has 1 unspecified atom stereocenters. The van der Waals surface area contributed by atoms with E-state index in [2.05, 4.69) is 0 Å². The summed E-state index contributed by atoms with van der Waals surface area (Å²) < 4.78 is 14.2. The molecule has 108 valence electrons. The second-order valence-electron chi connectivity index (χ2n) is 5.45. The minimum Gasteiger partial charge on any atom is -0.326 e. The average Bonchev–Trinajstić information content (AvgIpc) is 2.48. The number of rotatable bonds is 1. The van der Waals surface area contributed by atoms with Crippen LogP contribution < -0.4 is 10.6 Å². The summed E-state index contributed by atoms with van der Waals surface area (Å²) in [7, 11) is 0. The number of aryl methyl sites for hydroxylation is 1. The van der Waals surface area contributed by atoms with Gasteiger partial charge in [0.1, 0.15) is 5.82 Å². The van der Waals surface area contributed by atoms with E-state index in [9.17, 15) is 9.18 Å². The first-order valence-electron chi connectivity index (χ1n) is 6.98. The van der Waals surface area contributed by atoms with Crippen molar-refractivity contribution in [3.8, 4) is 0 Å². The molecule has 0 aliphatic carbocycles. The van der Waals surface area contributed by atoms with E-state index >= 15 is 0 Å². The summed E-state index contributed by atoms with van der Waals surface area (Å²) in [6.07, 6.45) is 0.732. The summed E-state index contributed by atoms with van der Waals surface area (Å²) in [6.45, 7) is 2.06. The summed E-state index contributed by atoms with van der Waals surface area (Å²) in [6, 6.07) is 12.4. The zero-order valence-electron chi connectivity index (χ0n) is 11.8. The molecule has 1 aliphatic heterocycles. The molecular formula is C17H17FN2O. The largest absolute Gasteiger partial charge is 0.326 e. The summed E-state index contributed by atoms with van der Waals surface area (Å²) in [5.41, 5.74) is 8.45. The van der Waals surface area contributed by atoms with E-state index in [4.69, 9.17) is 5.73 Å². The van der Waals surface area contributed by atoms with Crippen molar-refractivity contribution in [3.05, 3.63) is 65.0 Å². The number of amides is 1. The van der Waals surface area contributed by atoms with Crippen LogP contribution in [0.25, 0.3) is 0 Å². The Hall–Kier alpha value is -2.20. The predicted octanol–water partition coefficient (Wildman–Crippen LogP) is 2.66. The number of nitrogens with two attached hydrogens (primary N) is 1. The van der Waals surface area contributed by atoms with Gasteiger partial charge in [-0.05, 0) is 36.6 Å². The first kappa shape index (κ1) is 13.8. The van der Waals surface area contributed by atoms with Crippen LogP contribution in [0, 0.1) is 12.7 Å². The van der Waals surface area contributed by atoms with Gasteiger partial charge in [-0.2, -0.15) is 0 Å². The van der Waals surface area contributed by atoms with Crippen LogP contribution in [-0.4, -0.2) is 18.5 Å². The number of benzene rings is 2. The quantitative estimate of drug-likeness (QED) is 0.875. The molecule has 0 saturated heterocycles. The van der Waals surface area contributed by atoms with Crippen molar-refractivity contribution in [2.24, 2.45) is 5.73 Å². The zero-order valence-corrected chi connectivity index (χ0v) is 11.8. The summed E-state index contributed by atoms with van der Waals surface area (Å²) in [4.78, 5) is 14.3. The van der Waals surface area contributed by atoms with Crippen molar-refractivity contribution in [2.75, 3.05) is 11.4 Å². The van der Waals surface area contributed by atoms with Crippen LogP contribution in [0.3, 0.4) is 0 Å². The van der Waals surface area contributed by atoms with Gasteiger partial charge in [-0.1, -0.05) is 30.3 Å². The Kier molecular flexibility index (Phi) is 3.47. The standard InChI is InChI=1S/C17H17FN2O/c1-11-5-4-7-14(16(11)18)17(21)20-10-13(19)9-12-6-2-3-8-15(12)20/h2-8,13H,9-10,19H2,1H3. The molecule has 0 bridgehead atoms. The monoisotopic (exact) mass is 284 g/mol. The van der Waals surface area contributed by atoms with Crippen molar-refractivity contribution in [1.29, 1.82) is 0 Å². The maximum absolute atomic E-state index is 14.2. The number of halogens is 1. The highest BCUT2D eigenvalue weighted by Crippen LogP contribution is 2.28. The Morgan fingerprint density at radius 1 is 1.24 bits per heavy atom. The zero-order chi connectivity index (χ0) is 15.0. The molecule has 3 rings (SSSR count). The summed E-state index contributed by atoms with van der Waals surface area (Å²) in [5.74, 6) is -0.794. The number of carbonyl (C=O) groups is 1. The van der Waals surface area contributed by atoms with Crippen LogP contribution in [0.4, 0.5) is 10.1 Å². The fraction of sp³-hybridized carbons (Fsp3) is 0.235. The number of anilines is 1. The van der Waals surface area contributed by atoms with Gasteiger partial charge in [-0.3, -0.25) is 4.79 Å². The number of para-hydroxylation sites is 1. The second kappa shape index (κ2) is 5.30. The number of carbonyl (C=O) groups excluding carboxylic acids is 1. The van der Waals surface area contributed by atoms with Crippen molar-refractivity contribution in [3.63, 3.8) is 0 Å². The molecule has 21 heavy (non-hydrogen) atoms. The fourth-order valence-corrected chi connectivity index (χ4v) is 2.78. The molecule has 1 atom stereocenters. The van der Waals surface area contributed by atoms with Gasteiger partial charge in [0.25, 0.3) is 5.91 Å². The number of hydrogen-bond acceptors (Lipinski definition) is 2. The van der Waals surface area contributed by atoms with Crippen LogP contribution in [0.1, 0.15) is 21.5 Å². The molecule has 0 spiro atoms. The maximum Gasteiger partial charge on any atom is 0.261 e. The number of fused-ring (bicyclic) bond motifs is 1. The van der Waals surface area contributed by atoms with E-state index < -0.39 is 5.82 Å². The maximum atomic E-state index is 14.2. The molecule has 0 aromatic heterocycles. The highest BCUT2D eigenvalue weighted by molar-refractivity contribution is 6.07. The molecule has 2 aromatic rings. The smallest absolute Gasteiger partial charge is 0.261 e. The fourth-order valence-electron chi connectivity index (χ4n) is 2.78. The third-order valence-electron chi connectivity index (χ3n) is 3.85. The van der Waals surface area contributed by atoms with Crippen LogP contribution in [0.2, 0.25) is 0 Å². The lowest BCUT2D eigenvalue weighted by Gasteiger charge is -2.33. The number of hydrogen-bond donors (Lipinski definition) is 1. The van der Waals surface area contributed by atoms with E-state index in [1.807, 2.05) is 24.3 Å². The Balaban J connectivity index is 2.04. The first-order chi connectivity index (χ1) is 10.1. The number of nitrogens with zero attached hydrogens (tertiary/aromatic N) is 1. The summed E-state index contributed by atoms with van der Waals surface area (Å²) in [5, 5.41) is 0. The lowest BCUT2D eigenvalue weighted by atomic mass is 9.97. The van der Waals surface area contributed by atoms with Crippen LogP contribution in [-0.2, 0) is 6.42 Å². The molecule has 1 aliphatic rings. The van der Waals surface area contributed by atoms with Crippen LogP contribution in [0.5, 0.6) is 0 Å². The van der Waals surface area contributed by atoms with Crippen molar-refractivity contribution < 1.29 is 9.18 Å². The molecular weight excluding hydrogens is 267 g/mol. The van der Waals surface area contributed by atoms with Gasteiger partial charge in [0.15, 0.2) is 0 Å². The van der Waals surface area contributed by atoms with E-state index in [1.54, 1.807) is 24.0 Å². The van der Waals surface area contributed by atoms with E-state index in [1.165, 1.54) is 6.07 Å². The van der Waals surface area contributed by atoms with Gasteiger partial charge >= 0.3 is 0 Å². The lowest BCUT2D eigenvalue weighted by molar-refractivity contribution is 0.0979. The molecule has 0 radical (unpaired) electrons. The third-order valence-corrected chi connectivity index (χ3v) is 3.85. The second-order valence-corrected chi connectivity index (χ2v) is 5.45. The van der Waals surface area contributed by atoms with Gasteiger partial charge in [0, 0.05) is 18.3 Å². The molecule has 1 heterocycles. The molecule has 1 amide bonds. The van der Waals surface area contributed by atoms with Gasteiger partial charge in [-0.15, -0.1) is 0 Å². The van der Waals surface area contributed by atoms with Gasteiger partial charge in [0.05, 0.1) is 5.56 Å². The molecule has 4 heteroatoms. The lowest BCUT2D eigenvalue weighted by Crippen LogP contribution is -2.46. The first-order valence-corrected chi connectivity index (χ1v) is 6.98. The normalized spacial score (nSPS) is 17.5. The van der Waals surface area contributed by atoms with Gasteiger partial charge in [-0.25, -0.2) is 4.39 Å². The molecule has 3 nitrogen and oxygen atoms in total. The van der Waals surface area contributed by atoms with Crippen molar-refractivity contribution in [2.45, 2.75) is 19.4 Å². The Morgan fingerprint density at radius 2 is 2.00 bits per heavy atom. The minimum atomic E-state index is -0.459. The Morgan fingerprint density at radius 3 is 2.81 bits per heavy atom. The van der Waals surface area contributed by atoms with E-state index in [0.717, 1.165) is 17.7 Å². The highest BCUT2D eigenvalue weighted by atomic mass is 19.1. The molecule has 2 N–H and O–H groups in total.